The van der Waals surface area contributed by atoms with Gasteiger partial charge in [0.2, 0.25) is 0 Å². The van der Waals surface area contributed by atoms with Gasteiger partial charge in [-0.2, -0.15) is 0 Å². The number of nitrogens with one attached hydrogen (secondary N) is 1. The molecule has 0 fully saturated rings. The summed E-state index contributed by atoms with van der Waals surface area (Å²) in [4.78, 5) is 21.2. The van der Waals surface area contributed by atoms with Crippen LogP contribution in [-0.4, -0.2) is 43.2 Å². The topological polar surface area (TPSA) is 75.6 Å². The van der Waals surface area contributed by atoms with Crippen LogP contribution >= 0.6 is 0 Å². The Morgan fingerprint density at radius 1 is 1.54 bits per heavy atom. The van der Waals surface area contributed by atoms with Crippen molar-refractivity contribution >= 4 is 11.8 Å². The van der Waals surface area contributed by atoms with Crippen LogP contribution in [-0.2, 0) is 14.3 Å². The first-order valence-electron chi connectivity index (χ1n) is 4.02. The molecular formula is C8H15NO4. The molecule has 5 nitrogen and oxygen atoms in total. The minimum atomic E-state index is -0.981. The Bertz CT molecular complexity index is 181. The molecule has 0 aliphatic rings. The summed E-state index contributed by atoms with van der Waals surface area (Å²) in [6.07, 6.45) is -0.182. The van der Waals surface area contributed by atoms with Gasteiger partial charge in [-0.05, 0) is 6.92 Å². The zero-order chi connectivity index (χ0) is 10.3. The Morgan fingerprint density at radius 3 is 2.54 bits per heavy atom. The Labute approximate surface area is 77.1 Å². The highest BCUT2D eigenvalue weighted by Gasteiger charge is 2.16. The van der Waals surface area contributed by atoms with Crippen molar-refractivity contribution in [2.45, 2.75) is 19.4 Å². The zero-order valence-electron chi connectivity index (χ0n) is 7.87. The maximum absolute atomic E-state index is 10.9. The van der Waals surface area contributed by atoms with Crippen LogP contribution in [0.4, 0.5) is 0 Å². The SMILES string of the molecule is COCCNC(CC(=O)O)C(C)=O. The van der Waals surface area contributed by atoms with Gasteiger partial charge in [0.25, 0.3) is 0 Å². The molecule has 0 heterocycles. The van der Waals surface area contributed by atoms with Gasteiger partial charge < -0.3 is 15.2 Å². The van der Waals surface area contributed by atoms with E-state index in [9.17, 15) is 9.59 Å². The molecule has 0 aliphatic heterocycles. The molecule has 13 heavy (non-hydrogen) atoms. The molecule has 1 atom stereocenters. The van der Waals surface area contributed by atoms with Crippen molar-refractivity contribution in [2.24, 2.45) is 0 Å². The van der Waals surface area contributed by atoms with Gasteiger partial charge in [0.05, 0.1) is 19.1 Å². The number of aliphatic carboxylic acids is 1. The van der Waals surface area contributed by atoms with Crippen molar-refractivity contribution < 1.29 is 19.4 Å². The third-order valence-corrected chi connectivity index (χ3v) is 1.57. The lowest BCUT2D eigenvalue weighted by molar-refractivity contribution is -0.139. The van der Waals surface area contributed by atoms with Gasteiger partial charge >= 0.3 is 5.97 Å². The average Bonchev–Trinajstić information content (AvgIpc) is 2.02. The number of Topliss-reactive ketones (excluding diaryl/α,β-unsaturated/α-hetero) is 1. The minimum Gasteiger partial charge on any atom is -0.481 e. The van der Waals surface area contributed by atoms with Crippen LogP contribution in [0.5, 0.6) is 0 Å². The molecule has 0 aliphatic carbocycles. The standard InChI is InChI=1S/C8H15NO4/c1-6(10)7(5-8(11)12)9-3-4-13-2/h7,9H,3-5H2,1-2H3,(H,11,12). The van der Waals surface area contributed by atoms with Crippen molar-refractivity contribution in [3.8, 4) is 0 Å². The molecule has 0 aromatic heterocycles. The maximum atomic E-state index is 10.9. The molecule has 0 amide bonds. The number of hydrogen-bond donors (Lipinski definition) is 2. The van der Waals surface area contributed by atoms with E-state index in [1.54, 1.807) is 7.11 Å². The lowest BCUT2D eigenvalue weighted by atomic mass is 10.1. The van der Waals surface area contributed by atoms with Crippen LogP contribution in [0.2, 0.25) is 0 Å². The Morgan fingerprint density at radius 2 is 2.15 bits per heavy atom. The van der Waals surface area contributed by atoms with Crippen LogP contribution in [0.1, 0.15) is 13.3 Å². The molecule has 0 spiro atoms. The number of carboxylic acids is 1. The number of rotatable bonds is 7. The lowest BCUT2D eigenvalue weighted by Gasteiger charge is -2.12. The largest absolute Gasteiger partial charge is 0.481 e. The van der Waals surface area contributed by atoms with E-state index >= 15 is 0 Å². The van der Waals surface area contributed by atoms with Gasteiger partial charge in [0, 0.05) is 13.7 Å². The van der Waals surface area contributed by atoms with E-state index < -0.39 is 12.0 Å². The van der Waals surface area contributed by atoms with Gasteiger partial charge in [-0.25, -0.2) is 0 Å². The normalized spacial score (nSPS) is 12.5. The van der Waals surface area contributed by atoms with Crippen molar-refractivity contribution in [2.75, 3.05) is 20.3 Å². The van der Waals surface area contributed by atoms with Gasteiger partial charge in [-0.15, -0.1) is 0 Å². The Hall–Kier alpha value is -0.940. The molecular weight excluding hydrogens is 174 g/mol. The third-order valence-electron chi connectivity index (χ3n) is 1.57. The summed E-state index contributed by atoms with van der Waals surface area (Å²) in [5, 5.41) is 11.3. The van der Waals surface area contributed by atoms with E-state index in [4.69, 9.17) is 9.84 Å². The highest BCUT2D eigenvalue weighted by Crippen LogP contribution is 1.93. The van der Waals surface area contributed by atoms with Crippen LogP contribution in [0.25, 0.3) is 0 Å². The molecule has 0 rings (SSSR count). The molecule has 0 bridgehead atoms. The van der Waals surface area contributed by atoms with E-state index in [0.29, 0.717) is 13.2 Å². The van der Waals surface area contributed by atoms with E-state index in [0.717, 1.165) is 0 Å². The number of ketones is 1. The minimum absolute atomic E-state index is 0.168. The molecule has 0 saturated heterocycles. The monoisotopic (exact) mass is 189 g/mol. The molecule has 0 radical (unpaired) electrons. The van der Waals surface area contributed by atoms with Gasteiger partial charge in [0.15, 0.2) is 0 Å². The van der Waals surface area contributed by atoms with E-state index in [1.807, 2.05) is 0 Å². The summed E-state index contributed by atoms with van der Waals surface area (Å²) < 4.78 is 4.76. The summed E-state index contributed by atoms with van der Waals surface area (Å²) in [6, 6.07) is -0.604. The fraction of sp³-hybridized carbons (Fsp3) is 0.750. The predicted octanol–water partition coefficient (Wildman–Crippen LogP) is -0.345. The van der Waals surface area contributed by atoms with Crippen molar-refractivity contribution in [1.29, 1.82) is 0 Å². The number of ether oxygens (including phenoxy) is 1. The average molecular weight is 189 g/mol. The van der Waals surface area contributed by atoms with Gasteiger partial charge in [-0.1, -0.05) is 0 Å². The first-order valence-corrected chi connectivity index (χ1v) is 4.02. The fourth-order valence-electron chi connectivity index (χ4n) is 0.869. The summed E-state index contributed by atoms with van der Waals surface area (Å²) in [7, 11) is 1.54. The quantitative estimate of drug-likeness (QED) is 0.535. The summed E-state index contributed by atoms with van der Waals surface area (Å²) in [5.41, 5.74) is 0. The predicted molar refractivity (Wildman–Crippen MR) is 46.6 cm³/mol. The maximum Gasteiger partial charge on any atom is 0.305 e. The number of hydrogen-bond acceptors (Lipinski definition) is 4. The Kier molecular flexibility index (Phi) is 6.09. The second-order valence-corrected chi connectivity index (χ2v) is 2.71. The smallest absolute Gasteiger partial charge is 0.305 e. The lowest BCUT2D eigenvalue weighted by Crippen LogP contribution is -2.39. The summed E-state index contributed by atoms with van der Waals surface area (Å²) >= 11 is 0. The van der Waals surface area contributed by atoms with E-state index in [1.165, 1.54) is 6.92 Å². The van der Waals surface area contributed by atoms with E-state index in [-0.39, 0.29) is 12.2 Å². The highest BCUT2D eigenvalue weighted by molar-refractivity contribution is 5.85. The van der Waals surface area contributed by atoms with E-state index in [2.05, 4.69) is 5.32 Å². The Balaban J connectivity index is 3.81. The van der Waals surface area contributed by atoms with Crippen molar-refractivity contribution in [3.05, 3.63) is 0 Å². The molecule has 5 heteroatoms. The van der Waals surface area contributed by atoms with Crippen LogP contribution in [0.15, 0.2) is 0 Å². The molecule has 0 saturated carbocycles. The second kappa shape index (κ2) is 6.56. The second-order valence-electron chi connectivity index (χ2n) is 2.71. The third kappa shape index (κ3) is 6.24. The van der Waals surface area contributed by atoms with Crippen molar-refractivity contribution in [1.82, 2.24) is 5.32 Å². The summed E-state index contributed by atoms with van der Waals surface area (Å²) in [6.45, 7) is 2.31. The number of carbonyl (C=O) groups excluding carboxylic acids is 1. The van der Waals surface area contributed by atoms with Crippen LogP contribution < -0.4 is 5.32 Å². The highest BCUT2D eigenvalue weighted by atomic mass is 16.5. The van der Waals surface area contributed by atoms with Crippen molar-refractivity contribution in [3.63, 3.8) is 0 Å². The van der Waals surface area contributed by atoms with Gasteiger partial charge in [-0.3, -0.25) is 9.59 Å². The fourth-order valence-corrected chi connectivity index (χ4v) is 0.869. The number of carboxylic acid groups (broad SMARTS) is 1. The molecule has 0 aromatic rings. The summed E-state index contributed by atoms with van der Waals surface area (Å²) in [5.74, 6) is -1.15. The molecule has 1 unspecified atom stereocenters. The molecule has 0 aromatic carbocycles. The molecule has 2 N–H and O–H groups in total. The molecule has 76 valence electrons. The number of carbonyl (C=O) groups is 2. The van der Waals surface area contributed by atoms with Crippen LogP contribution in [0.3, 0.4) is 0 Å². The zero-order valence-corrected chi connectivity index (χ0v) is 7.87. The first-order chi connectivity index (χ1) is 6.07. The van der Waals surface area contributed by atoms with Gasteiger partial charge in [0.1, 0.15) is 5.78 Å². The van der Waals surface area contributed by atoms with Crippen LogP contribution in [0, 0.1) is 0 Å². The first kappa shape index (κ1) is 12.1. The number of methoxy groups -OCH3 is 1.